The Morgan fingerprint density at radius 1 is 0.957 bits per heavy atom. The van der Waals surface area contributed by atoms with Crippen molar-refractivity contribution in [3.05, 3.63) is 64.3 Å². The standard InChI is InChI=1S/C16H13Cl2N5/c1-10-4-2-5-11(8-10)20-16-22-14(9-19-23-16)21-15-12(17)6-3-7-13(15)18/h2-9H,1H3,(H2,20,21,22,23). The summed E-state index contributed by atoms with van der Waals surface area (Å²) in [7, 11) is 0. The van der Waals surface area contributed by atoms with Crippen molar-refractivity contribution in [2.24, 2.45) is 0 Å². The summed E-state index contributed by atoms with van der Waals surface area (Å²) in [4.78, 5) is 4.36. The van der Waals surface area contributed by atoms with Crippen LogP contribution in [0.3, 0.4) is 0 Å². The maximum Gasteiger partial charge on any atom is 0.249 e. The van der Waals surface area contributed by atoms with Gasteiger partial charge in [-0.3, -0.25) is 0 Å². The molecule has 0 saturated heterocycles. The van der Waals surface area contributed by atoms with Crippen molar-refractivity contribution in [1.82, 2.24) is 15.2 Å². The number of halogens is 2. The molecular weight excluding hydrogens is 333 g/mol. The Balaban J connectivity index is 1.83. The molecule has 0 spiro atoms. The van der Waals surface area contributed by atoms with E-state index < -0.39 is 0 Å². The van der Waals surface area contributed by atoms with Gasteiger partial charge in [0.1, 0.15) is 0 Å². The van der Waals surface area contributed by atoms with Crippen molar-refractivity contribution >= 4 is 46.3 Å². The number of nitrogens with one attached hydrogen (secondary N) is 2. The molecule has 0 saturated carbocycles. The Kier molecular flexibility index (Phi) is 4.60. The molecule has 23 heavy (non-hydrogen) atoms. The fraction of sp³-hybridized carbons (Fsp3) is 0.0625. The summed E-state index contributed by atoms with van der Waals surface area (Å²) in [6, 6.07) is 13.2. The number of aryl methyl sites for hydroxylation is 1. The van der Waals surface area contributed by atoms with Crippen LogP contribution in [0.4, 0.5) is 23.1 Å². The van der Waals surface area contributed by atoms with E-state index in [-0.39, 0.29) is 0 Å². The summed E-state index contributed by atoms with van der Waals surface area (Å²) >= 11 is 12.3. The van der Waals surface area contributed by atoms with Crippen LogP contribution in [0.25, 0.3) is 0 Å². The van der Waals surface area contributed by atoms with Crippen LogP contribution in [-0.4, -0.2) is 15.2 Å². The fourth-order valence-electron chi connectivity index (χ4n) is 2.01. The zero-order valence-corrected chi connectivity index (χ0v) is 13.7. The predicted molar refractivity (Wildman–Crippen MR) is 94.0 cm³/mol. The number of hydrogen-bond acceptors (Lipinski definition) is 5. The quantitative estimate of drug-likeness (QED) is 0.698. The van der Waals surface area contributed by atoms with Gasteiger partial charge in [0.15, 0.2) is 5.82 Å². The molecule has 0 aliphatic rings. The molecule has 116 valence electrons. The molecule has 1 aromatic heterocycles. The van der Waals surface area contributed by atoms with Gasteiger partial charge in [0, 0.05) is 5.69 Å². The van der Waals surface area contributed by atoms with Crippen LogP contribution < -0.4 is 10.6 Å². The van der Waals surface area contributed by atoms with Crippen LogP contribution >= 0.6 is 23.2 Å². The summed E-state index contributed by atoms with van der Waals surface area (Å²) in [5.74, 6) is 0.869. The molecule has 1 heterocycles. The molecule has 0 amide bonds. The van der Waals surface area contributed by atoms with Gasteiger partial charge in [-0.2, -0.15) is 10.1 Å². The second-order valence-corrected chi connectivity index (χ2v) is 5.70. The monoisotopic (exact) mass is 345 g/mol. The maximum absolute atomic E-state index is 6.14. The van der Waals surface area contributed by atoms with E-state index in [1.807, 2.05) is 31.2 Å². The van der Waals surface area contributed by atoms with E-state index in [4.69, 9.17) is 23.2 Å². The van der Waals surface area contributed by atoms with Crippen molar-refractivity contribution in [3.8, 4) is 0 Å². The zero-order chi connectivity index (χ0) is 16.2. The third kappa shape index (κ3) is 3.88. The van der Waals surface area contributed by atoms with Gasteiger partial charge in [0.2, 0.25) is 5.95 Å². The van der Waals surface area contributed by atoms with E-state index in [2.05, 4.69) is 25.8 Å². The van der Waals surface area contributed by atoms with Crippen LogP contribution in [0.5, 0.6) is 0 Å². The van der Waals surface area contributed by atoms with Gasteiger partial charge in [-0.1, -0.05) is 41.4 Å². The minimum atomic E-state index is 0.378. The first-order valence-electron chi connectivity index (χ1n) is 6.86. The van der Waals surface area contributed by atoms with Crippen molar-refractivity contribution in [1.29, 1.82) is 0 Å². The van der Waals surface area contributed by atoms with Gasteiger partial charge >= 0.3 is 0 Å². The van der Waals surface area contributed by atoms with Crippen molar-refractivity contribution in [3.63, 3.8) is 0 Å². The Hall–Kier alpha value is -2.37. The Morgan fingerprint density at radius 2 is 1.70 bits per heavy atom. The van der Waals surface area contributed by atoms with E-state index >= 15 is 0 Å². The number of benzene rings is 2. The molecule has 5 nitrogen and oxygen atoms in total. The second kappa shape index (κ2) is 6.81. The molecule has 7 heteroatoms. The summed E-state index contributed by atoms with van der Waals surface area (Å²) in [5.41, 5.74) is 2.61. The van der Waals surface area contributed by atoms with E-state index in [0.29, 0.717) is 27.5 Å². The number of nitrogens with zero attached hydrogens (tertiary/aromatic N) is 3. The lowest BCUT2D eigenvalue weighted by Crippen LogP contribution is -2.03. The topological polar surface area (TPSA) is 62.7 Å². The average molecular weight is 346 g/mol. The first kappa shape index (κ1) is 15.5. The SMILES string of the molecule is Cc1cccc(Nc2nncc(Nc3c(Cl)cccc3Cl)n2)c1. The van der Waals surface area contributed by atoms with E-state index in [1.54, 1.807) is 18.2 Å². The minimum absolute atomic E-state index is 0.378. The van der Waals surface area contributed by atoms with Crippen LogP contribution in [0, 0.1) is 6.92 Å². The zero-order valence-electron chi connectivity index (χ0n) is 12.2. The van der Waals surface area contributed by atoms with E-state index in [1.165, 1.54) is 6.20 Å². The largest absolute Gasteiger partial charge is 0.336 e. The lowest BCUT2D eigenvalue weighted by Gasteiger charge is -2.10. The van der Waals surface area contributed by atoms with E-state index in [0.717, 1.165) is 11.3 Å². The van der Waals surface area contributed by atoms with Crippen LogP contribution in [-0.2, 0) is 0 Å². The molecule has 0 fully saturated rings. The van der Waals surface area contributed by atoms with Gasteiger partial charge < -0.3 is 10.6 Å². The minimum Gasteiger partial charge on any atom is -0.336 e. The molecule has 0 bridgehead atoms. The van der Waals surface area contributed by atoms with Gasteiger partial charge in [0.05, 0.1) is 21.9 Å². The smallest absolute Gasteiger partial charge is 0.249 e. The second-order valence-electron chi connectivity index (χ2n) is 4.88. The van der Waals surface area contributed by atoms with Gasteiger partial charge in [-0.15, -0.1) is 5.10 Å². The molecule has 0 unspecified atom stereocenters. The molecular formula is C16H13Cl2N5. The maximum atomic E-state index is 6.14. The molecule has 0 aliphatic heterocycles. The first-order valence-corrected chi connectivity index (χ1v) is 7.62. The number of anilines is 4. The number of aromatic nitrogens is 3. The van der Waals surface area contributed by atoms with Crippen LogP contribution in [0.1, 0.15) is 5.56 Å². The summed E-state index contributed by atoms with van der Waals surface area (Å²) < 4.78 is 0. The van der Waals surface area contributed by atoms with Crippen LogP contribution in [0.15, 0.2) is 48.7 Å². The van der Waals surface area contributed by atoms with Gasteiger partial charge in [0.25, 0.3) is 0 Å². The normalized spacial score (nSPS) is 10.4. The lowest BCUT2D eigenvalue weighted by atomic mass is 10.2. The van der Waals surface area contributed by atoms with Gasteiger partial charge in [-0.05, 0) is 36.8 Å². The highest BCUT2D eigenvalue weighted by molar-refractivity contribution is 6.39. The van der Waals surface area contributed by atoms with Gasteiger partial charge in [-0.25, -0.2) is 0 Å². The number of hydrogen-bond donors (Lipinski definition) is 2. The van der Waals surface area contributed by atoms with Crippen molar-refractivity contribution in [2.45, 2.75) is 6.92 Å². The molecule has 0 aliphatic carbocycles. The third-order valence-corrected chi connectivity index (χ3v) is 3.68. The summed E-state index contributed by atoms with van der Waals surface area (Å²) in [6.45, 7) is 2.02. The predicted octanol–water partition coefficient (Wildman–Crippen LogP) is 4.97. The average Bonchev–Trinajstić information content (AvgIpc) is 2.52. The fourth-order valence-corrected chi connectivity index (χ4v) is 2.51. The summed E-state index contributed by atoms with van der Waals surface area (Å²) in [5, 5.41) is 15.1. The number of rotatable bonds is 4. The highest BCUT2D eigenvalue weighted by Crippen LogP contribution is 2.32. The summed E-state index contributed by atoms with van der Waals surface area (Å²) in [6.07, 6.45) is 1.50. The molecule has 3 rings (SSSR count). The first-order chi connectivity index (χ1) is 11.1. The molecule has 0 radical (unpaired) electrons. The molecule has 0 atom stereocenters. The van der Waals surface area contributed by atoms with Crippen molar-refractivity contribution in [2.75, 3.05) is 10.6 Å². The molecule has 2 aromatic carbocycles. The third-order valence-electron chi connectivity index (χ3n) is 3.05. The lowest BCUT2D eigenvalue weighted by molar-refractivity contribution is 0.982. The van der Waals surface area contributed by atoms with Crippen molar-refractivity contribution < 1.29 is 0 Å². The number of para-hydroxylation sites is 1. The Bertz CT molecular complexity index is 818. The Labute approximate surface area is 143 Å². The highest BCUT2D eigenvalue weighted by atomic mass is 35.5. The van der Waals surface area contributed by atoms with Crippen LogP contribution in [0.2, 0.25) is 10.0 Å². The molecule has 2 N–H and O–H groups in total. The molecule has 3 aromatic rings. The highest BCUT2D eigenvalue weighted by Gasteiger charge is 2.08. The Morgan fingerprint density at radius 3 is 2.43 bits per heavy atom. The van der Waals surface area contributed by atoms with E-state index in [9.17, 15) is 0 Å².